The number of amidine groups is 1. The minimum absolute atomic E-state index is 0.0235. The Kier molecular flexibility index (Phi) is 9.35. The summed E-state index contributed by atoms with van der Waals surface area (Å²) in [6.07, 6.45) is 7.44. The summed E-state index contributed by atoms with van der Waals surface area (Å²) in [7, 11) is 1.88. The third-order valence-corrected chi connectivity index (χ3v) is 11.1. The molecule has 3 aliphatic rings. The summed E-state index contributed by atoms with van der Waals surface area (Å²) in [6.45, 7) is 3.88. The van der Waals surface area contributed by atoms with Gasteiger partial charge in [-0.15, -0.1) is 11.6 Å². The van der Waals surface area contributed by atoms with Crippen LogP contribution in [0.15, 0.2) is 46.7 Å². The number of allylic oxidation sites excluding steroid dienone is 2. The lowest BCUT2D eigenvalue weighted by molar-refractivity contribution is -0.115. The van der Waals surface area contributed by atoms with Gasteiger partial charge in [0.1, 0.15) is 6.07 Å². The van der Waals surface area contributed by atoms with Crippen molar-refractivity contribution in [2.45, 2.75) is 87.4 Å². The molecule has 1 saturated carbocycles. The molecule has 258 valence electrons. The summed E-state index contributed by atoms with van der Waals surface area (Å²) in [5.74, 6) is -1.09. The number of amides is 2. The molecule has 2 fully saturated rings. The molecule has 0 bridgehead atoms. The normalized spacial score (nSPS) is 26.9. The van der Waals surface area contributed by atoms with Crippen LogP contribution in [0.1, 0.15) is 75.1 Å². The number of aromatic amines is 1. The number of fused-ring (bicyclic) bond motifs is 2. The van der Waals surface area contributed by atoms with Gasteiger partial charge in [-0.1, -0.05) is 11.6 Å². The summed E-state index contributed by atoms with van der Waals surface area (Å²) in [6, 6.07) is 8.00. The van der Waals surface area contributed by atoms with Crippen molar-refractivity contribution in [3.05, 3.63) is 58.6 Å². The number of H-pyrrole nitrogens is 1. The van der Waals surface area contributed by atoms with Gasteiger partial charge in [-0.2, -0.15) is 20.7 Å². The highest BCUT2D eigenvalue weighted by molar-refractivity contribution is 6.25. The van der Waals surface area contributed by atoms with Crippen molar-refractivity contribution in [3.8, 4) is 12.1 Å². The summed E-state index contributed by atoms with van der Waals surface area (Å²) < 4.78 is 1.80. The highest BCUT2D eigenvalue weighted by Gasteiger charge is 2.59. The van der Waals surface area contributed by atoms with E-state index in [4.69, 9.17) is 33.1 Å². The van der Waals surface area contributed by atoms with Crippen molar-refractivity contribution in [1.82, 2.24) is 29.8 Å². The van der Waals surface area contributed by atoms with E-state index in [2.05, 4.69) is 21.4 Å². The van der Waals surface area contributed by atoms with Gasteiger partial charge in [0.2, 0.25) is 5.84 Å². The van der Waals surface area contributed by atoms with Crippen molar-refractivity contribution in [3.63, 3.8) is 0 Å². The molecule has 1 aromatic carbocycles. The van der Waals surface area contributed by atoms with Gasteiger partial charge in [-0.05, 0) is 69.7 Å². The molecule has 2 aromatic heterocycles. The largest absolute Gasteiger partial charge is 0.398 e. The molecule has 15 heteroatoms. The molecule has 0 radical (unpaired) electrons. The number of aliphatic imine (C=N–C) groups is 1. The minimum atomic E-state index is -1.02. The molecule has 1 spiro atoms. The molecular formula is C35H39ClN12O2. The number of alkyl halides is 1. The Bertz CT molecular complexity index is 2050. The average molecular weight is 695 g/mol. The number of nitrogens with one attached hydrogen (secondary N) is 3. The van der Waals surface area contributed by atoms with Crippen LogP contribution in [0.5, 0.6) is 0 Å². The number of hydrogen-bond acceptors (Lipinski definition) is 10. The van der Waals surface area contributed by atoms with Crippen LogP contribution >= 0.6 is 11.6 Å². The van der Waals surface area contributed by atoms with Crippen molar-refractivity contribution in [2.24, 2.45) is 17.8 Å². The van der Waals surface area contributed by atoms with Crippen LogP contribution in [0.25, 0.3) is 22.7 Å². The van der Waals surface area contributed by atoms with Crippen molar-refractivity contribution in [2.75, 3.05) is 0 Å². The van der Waals surface area contributed by atoms with E-state index in [9.17, 15) is 20.4 Å². The topological polar surface area (TPSA) is 224 Å². The fraction of sp³-hybridized carbons (Fsp3) is 0.429. The van der Waals surface area contributed by atoms with Gasteiger partial charge >= 0.3 is 6.03 Å². The number of nitrogens with zero attached hydrogens (tertiary/aromatic N) is 8. The quantitative estimate of drug-likeness (QED) is 0.138. The van der Waals surface area contributed by atoms with Gasteiger partial charge in [0.05, 0.1) is 65.5 Å². The molecule has 3 heterocycles. The zero-order valence-corrected chi connectivity index (χ0v) is 28.8. The first-order valence-electron chi connectivity index (χ1n) is 16.4. The van der Waals surface area contributed by atoms with Gasteiger partial charge in [0.25, 0.3) is 0 Å². The van der Waals surface area contributed by atoms with Crippen LogP contribution in [0, 0.1) is 33.5 Å². The van der Waals surface area contributed by atoms with Crippen LogP contribution in [-0.4, -0.2) is 87.9 Å². The van der Waals surface area contributed by atoms with Gasteiger partial charge in [0.15, 0.2) is 0 Å². The number of rotatable bonds is 6. The summed E-state index contributed by atoms with van der Waals surface area (Å²) in [5, 5.41) is 58.4. The maximum Gasteiger partial charge on any atom is 0.332 e. The lowest BCUT2D eigenvalue weighted by atomic mass is 9.70. The predicted molar refractivity (Wildman–Crippen MR) is 190 cm³/mol. The number of nitrogens with two attached hydrogens (primary N) is 1. The number of likely N-dealkylation sites (tertiary alicyclic amines) is 1. The Balaban J connectivity index is 1.38. The van der Waals surface area contributed by atoms with Crippen LogP contribution in [0.3, 0.4) is 0 Å². The number of aliphatic hydroxyl groups is 1. The number of aromatic nitrogens is 4. The summed E-state index contributed by atoms with van der Waals surface area (Å²) in [5.41, 5.74) is 12.5. The SMILES string of the molecule is CC1=Cc2[nH]ncc2C(/C(C(C)=NC2CCCC3(CC(CC#N)N3C(=O)N(C=N)C(=N)C#N)C(O)C2)=C(/N)c2ccc3c(cnn3C)c2)C1Cl. The third kappa shape index (κ3) is 5.74. The van der Waals surface area contributed by atoms with E-state index in [-0.39, 0.29) is 24.8 Å². The van der Waals surface area contributed by atoms with Crippen LogP contribution < -0.4 is 5.73 Å². The van der Waals surface area contributed by atoms with Gasteiger partial charge in [0, 0.05) is 46.9 Å². The fourth-order valence-corrected chi connectivity index (χ4v) is 8.33. The lowest BCUT2D eigenvalue weighted by Crippen LogP contribution is -2.74. The number of aryl methyl sites for hydroxylation is 1. The van der Waals surface area contributed by atoms with Crippen LogP contribution in [0.4, 0.5) is 4.79 Å². The molecule has 6 unspecified atom stereocenters. The second kappa shape index (κ2) is 13.5. The van der Waals surface area contributed by atoms with E-state index < -0.39 is 34.9 Å². The monoisotopic (exact) mass is 694 g/mol. The molecule has 2 amide bonds. The molecular weight excluding hydrogens is 656 g/mol. The van der Waals surface area contributed by atoms with E-state index in [0.29, 0.717) is 48.3 Å². The standard InChI is InChI=1S/C35H39ClN12O2/c1-19-11-26-25(17-42-45-26)31(32(19)36)30(33(41)21-6-7-27-22(12-21)16-43-46(27)3)20(2)44-23-5-4-9-35(28(49)13-23)14-24(8-10-37)48(35)34(50)47(18-39)29(40)15-38/h6-7,11-12,16-18,23-24,28,31-32,39-40,49H,4-5,8-9,13-14,41H2,1-3H3,(H,42,45)/b33-30+,39-18?,40-29?,44-20?. The first kappa shape index (κ1) is 34.5. The summed E-state index contributed by atoms with van der Waals surface area (Å²) in [4.78, 5) is 20.9. The molecule has 3 aromatic rings. The maximum absolute atomic E-state index is 13.6. The molecule has 1 saturated heterocycles. The third-order valence-electron chi connectivity index (χ3n) is 10.5. The Hall–Kier alpha value is -5.31. The number of halogens is 1. The predicted octanol–water partition coefficient (Wildman–Crippen LogP) is 4.80. The number of nitriles is 2. The molecule has 14 nitrogen and oxygen atoms in total. The molecule has 6 N–H and O–H groups in total. The lowest BCUT2D eigenvalue weighted by Gasteiger charge is -2.60. The first-order valence-corrected chi connectivity index (χ1v) is 16.9. The van der Waals surface area contributed by atoms with Gasteiger partial charge < -0.3 is 15.7 Å². The van der Waals surface area contributed by atoms with Crippen molar-refractivity contribution in [1.29, 1.82) is 21.3 Å². The number of aliphatic hydroxyl groups excluding tert-OH is 1. The highest BCUT2D eigenvalue weighted by atomic mass is 35.5. The Labute approximate surface area is 294 Å². The van der Waals surface area contributed by atoms with E-state index in [1.165, 1.54) is 4.90 Å². The number of benzene rings is 1. The van der Waals surface area contributed by atoms with E-state index in [0.717, 1.165) is 38.9 Å². The molecule has 6 rings (SSSR count). The Morgan fingerprint density at radius 2 is 2.14 bits per heavy atom. The second-order valence-electron chi connectivity index (χ2n) is 13.3. The van der Waals surface area contributed by atoms with Gasteiger partial charge in [-0.25, -0.2) is 9.69 Å². The van der Waals surface area contributed by atoms with E-state index >= 15 is 0 Å². The Morgan fingerprint density at radius 1 is 1.36 bits per heavy atom. The van der Waals surface area contributed by atoms with E-state index in [1.54, 1.807) is 23.1 Å². The van der Waals surface area contributed by atoms with E-state index in [1.807, 2.05) is 45.2 Å². The zero-order chi connectivity index (χ0) is 35.9. The number of carbonyl (C=O) groups is 1. The number of carbonyl (C=O) groups excluding carboxylic acids is 1. The average Bonchev–Trinajstić information content (AvgIpc) is 3.66. The van der Waals surface area contributed by atoms with Crippen LogP contribution in [-0.2, 0) is 7.05 Å². The Morgan fingerprint density at radius 3 is 2.86 bits per heavy atom. The van der Waals surface area contributed by atoms with Crippen molar-refractivity contribution >= 4 is 58.2 Å². The van der Waals surface area contributed by atoms with Crippen LogP contribution in [0.2, 0.25) is 0 Å². The molecule has 1 aliphatic heterocycles. The smallest absolute Gasteiger partial charge is 0.332 e. The fourth-order valence-electron chi connectivity index (χ4n) is 8.01. The molecule has 6 atom stereocenters. The zero-order valence-electron chi connectivity index (χ0n) is 28.1. The minimum Gasteiger partial charge on any atom is -0.398 e. The molecule has 2 aliphatic carbocycles. The van der Waals surface area contributed by atoms with Crippen molar-refractivity contribution < 1.29 is 9.90 Å². The maximum atomic E-state index is 13.6. The second-order valence-corrected chi connectivity index (χ2v) is 13.8. The number of hydrogen-bond donors (Lipinski definition) is 5. The molecule has 50 heavy (non-hydrogen) atoms. The first-order chi connectivity index (χ1) is 23.9. The van der Waals surface area contributed by atoms with Gasteiger partial charge in [-0.3, -0.25) is 25.6 Å². The number of urea groups is 1. The summed E-state index contributed by atoms with van der Waals surface area (Å²) >= 11 is 7.17. The highest BCUT2D eigenvalue weighted by Crippen LogP contribution is 2.49.